The second-order valence-electron chi connectivity index (χ2n) is 15.3. The van der Waals surface area contributed by atoms with E-state index in [1.54, 1.807) is 31.4 Å². The zero-order valence-corrected chi connectivity index (χ0v) is 35.4. The molecule has 1 saturated heterocycles. The van der Waals surface area contributed by atoms with Crippen molar-refractivity contribution in [1.29, 1.82) is 0 Å². The molecule has 312 valence electrons. The lowest BCUT2D eigenvalue weighted by atomic mass is 9.92. The summed E-state index contributed by atoms with van der Waals surface area (Å²) in [5, 5.41) is 17.7. The van der Waals surface area contributed by atoms with E-state index < -0.39 is 48.0 Å². The Morgan fingerprint density at radius 1 is 1.04 bits per heavy atom. The minimum absolute atomic E-state index is 0.102. The van der Waals surface area contributed by atoms with E-state index >= 15 is 0 Å². The number of likely N-dealkylation sites (tertiary alicyclic amines) is 1. The third-order valence-corrected chi connectivity index (χ3v) is 11.6. The van der Waals surface area contributed by atoms with Crippen LogP contribution >= 0.6 is 11.3 Å². The van der Waals surface area contributed by atoms with Gasteiger partial charge in [-0.3, -0.25) is 28.9 Å². The molecule has 7 atom stereocenters. The van der Waals surface area contributed by atoms with Crippen LogP contribution in [-0.4, -0.2) is 115 Å². The fraction of sp³-hybridized carbons (Fsp3) is 0.659. The van der Waals surface area contributed by atoms with Crippen molar-refractivity contribution in [2.45, 2.75) is 117 Å². The number of amides is 3. The number of esters is 1. The largest absolute Gasteiger partial charge is 0.497 e. The fourth-order valence-corrected chi connectivity index (χ4v) is 7.93. The number of likely N-dealkylation sites (N-methyl/N-ethyl adjacent to an activating group) is 1. The number of carboxylic acids is 1. The molecule has 1 aliphatic heterocycles. The zero-order valence-electron chi connectivity index (χ0n) is 34.5. The molecular formula is C41H63N5O9S. The Labute approximate surface area is 336 Å². The van der Waals surface area contributed by atoms with Crippen molar-refractivity contribution in [1.82, 2.24) is 25.4 Å². The lowest BCUT2D eigenvalue weighted by Crippen LogP contribution is -2.59. The second kappa shape index (κ2) is 22.6. The van der Waals surface area contributed by atoms with Crippen molar-refractivity contribution in [3.8, 4) is 5.75 Å². The Morgan fingerprint density at radius 2 is 1.73 bits per heavy atom. The molecule has 2 aromatic rings. The molecule has 0 radical (unpaired) electrons. The molecule has 0 saturated carbocycles. The second-order valence-corrected chi connectivity index (χ2v) is 16.2. The average Bonchev–Trinajstić information content (AvgIpc) is 3.66. The molecule has 0 aliphatic carbocycles. The number of aromatic nitrogens is 1. The minimum Gasteiger partial charge on any atom is -0.497 e. The average molecular weight is 802 g/mol. The van der Waals surface area contributed by atoms with Crippen LogP contribution in [0, 0.1) is 17.8 Å². The molecule has 1 aromatic carbocycles. The van der Waals surface area contributed by atoms with E-state index in [1.165, 1.54) is 18.3 Å². The highest BCUT2D eigenvalue weighted by Crippen LogP contribution is 2.32. The number of nitrogens with one attached hydrogen (secondary N) is 2. The predicted octanol–water partition coefficient (Wildman–Crippen LogP) is 5.11. The number of hydrogen-bond donors (Lipinski definition) is 3. The van der Waals surface area contributed by atoms with Crippen LogP contribution in [0.4, 0.5) is 0 Å². The summed E-state index contributed by atoms with van der Waals surface area (Å²) in [4.78, 5) is 74.6. The molecule has 0 bridgehead atoms. The van der Waals surface area contributed by atoms with Crippen molar-refractivity contribution < 1.29 is 43.3 Å². The van der Waals surface area contributed by atoms with Crippen molar-refractivity contribution in [3.63, 3.8) is 0 Å². The van der Waals surface area contributed by atoms with Gasteiger partial charge in [0.1, 0.15) is 22.5 Å². The third kappa shape index (κ3) is 13.5. The lowest BCUT2D eigenvalue weighted by molar-refractivity contribution is -0.150. The molecule has 56 heavy (non-hydrogen) atoms. The van der Waals surface area contributed by atoms with Crippen molar-refractivity contribution in [2.75, 3.05) is 41.0 Å². The van der Waals surface area contributed by atoms with Gasteiger partial charge in [0.05, 0.1) is 25.7 Å². The van der Waals surface area contributed by atoms with Crippen LogP contribution in [0.3, 0.4) is 0 Å². The van der Waals surface area contributed by atoms with E-state index in [2.05, 4.69) is 15.6 Å². The third-order valence-electron chi connectivity index (χ3n) is 10.7. The molecule has 1 aliphatic rings. The summed E-state index contributed by atoms with van der Waals surface area (Å²) < 4.78 is 16.5. The zero-order chi connectivity index (χ0) is 41.5. The Morgan fingerprint density at radius 3 is 2.30 bits per heavy atom. The molecule has 0 spiro atoms. The summed E-state index contributed by atoms with van der Waals surface area (Å²) in [5.41, 5.74) is 0.997. The molecule has 7 unspecified atom stereocenters. The number of methoxy groups -OCH3 is 2. The molecular weight excluding hydrogens is 739 g/mol. The Hall–Kier alpha value is -4.08. The number of aliphatic carboxylic acids is 1. The van der Waals surface area contributed by atoms with Gasteiger partial charge in [0.2, 0.25) is 11.8 Å². The van der Waals surface area contributed by atoms with Crippen LogP contribution in [0.2, 0.25) is 0 Å². The fourth-order valence-electron chi connectivity index (χ4n) is 7.09. The van der Waals surface area contributed by atoms with Crippen LogP contribution in [0.5, 0.6) is 5.75 Å². The molecule has 2 heterocycles. The number of benzene rings is 1. The number of carboxylic acid groups (broad SMARTS) is 1. The first-order chi connectivity index (χ1) is 26.6. The molecule has 3 amide bonds. The Bertz CT molecular complexity index is 1590. The van der Waals surface area contributed by atoms with Gasteiger partial charge in [-0.05, 0) is 68.8 Å². The number of piperidine rings is 1. The van der Waals surface area contributed by atoms with Gasteiger partial charge < -0.3 is 34.9 Å². The number of nitrogens with zero attached hydrogens (tertiary/aromatic N) is 3. The minimum atomic E-state index is -0.966. The van der Waals surface area contributed by atoms with E-state index in [9.17, 15) is 29.1 Å². The first kappa shape index (κ1) is 46.3. The summed E-state index contributed by atoms with van der Waals surface area (Å²) in [5.74, 6) is -2.69. The molecule has 14 nitrogen and oxygen atoms in total. The normalized spacial score (nSPS) is 17.9. The first-order valence-corrected chi connectivity index (χ1v) is 20.6. The van der Waals surface area contributed by atoms with Gasteiger partial charge in [0.15, 0.2) is 6.10 Å². The summed E-state index contributed by atoms with van der Waals surface area (Å²) in [6.45, 7) is 12.1. The maximum Gasteiger partial charge on any atom is 0.306 e. The SMILES string of the molecule is CCC(C)C(NC(=O)C1CCCCN1C)C(=O)N(CCOC)C(CC(OC(C)=O)c1nc(C(=O)NC(Cc2ccc(OC)cc2)CC(C)C(=O)O)cs1)C(C)C. The monoisotopic (exact) mass is 801 g/mol. The topological polar surface area (TPSA) is 177 Å². The van der Waals surface area contributed by atoms with Crippen LogP contribution in [0.15, 0.2) is 29.6 Å². The van der Waals surface area contributed by atoms with Crippen LogP contribution < -0.4 is 15.4 Å². The number of carbonyl (C=O) groups excluding carboxylic acids is 4. The van der Waals surface area contributed by atoms with Crippen LogP contribution in [0.1, 0.15) is 107 Å². The van der Waals surface area contributed by atoms with Gasteiger partial charge in [-0.25, -0.2) is 4.98 Å². The number of hydrogen-bond acceptors (Lipinski definition) is 11. The van der Waals surface area contributed by atoms with Gasteiger partial charge in [-0.1, -0.05) is 59.6 Å². The molecule has 1 fully saturated rings. The predicted molar refractivity (Wildman–Crippen MR) is 214 cm³/mol. The molecule has 1 aromatic heterocycles. The van der Waals surface area contributed by atoms with Gasteiger partial charge >= 0.3 is 11.9 Å². The smallest absolute Gasteiger partial charge is 0.306 e. The van der Waals surface area contributed by atoms with E-state index in [-0.39, 0.29) is 61.4 Å². The number of thiazole rings is 1. The van der Waals surface area contributed by atoms with Gasteiger partial charge in [0.25, 0.3) is 5.91 Å². The van der Waals surface area contributed by atoms with Gasteiger partial charge in [-0.15, -0.1) is 11.3 Å². The maximum atomic E-state index is 14.6. The molecule has 3 N–H and O–H groups in total. The van der Waals surface area contributed by atoms with Gasteiger partial charge in [0, 0.05) is 44.5 Å². The number of ether oxygens (including phenoxy) is 3. The van der Waals surface area contributed by atoms with E-state index in [1.807, 2.05) is 63.9 Å². The summed E-state index contributed by atoms with van der Waals surface area (Å²) in [6.07, 6.45) is 3.25. The van der Waals surface area contributed by atoms with Gasteiger partial charge in [-0.2, -0.15) is 0 Å². The number of carbonyl (C=O) groups is 5. The van der Waals surface area contributed by atoms with E-state index in [4.69, 9.17) is 14.2 Å². The summed E-state index contributed by atoms with van der Waals surface area (Å²) in [6, 6.07) is 5.29. The van der Waals surface area contributed by atoms with Crippen molar-refractivity contribution in [2.24, 2.45) is 17.8 Å². The highest BCUT2D eigenvalue weighted by Gasteiger charge is 2.39. The Balaban J connectivity index is 1.90. The summed E-state index contributed by atoms with van der Waals surface area (Å²) in [7, 11) is 5.07. The lowest BCUT2D eigenvalue weighted by Gasteiger charge is -2.40. The van der Waals surface area contributed by atoms with Crippen LogP contribution in [0.25, 0.3) is 0 Å². The number of rotatable bonds is 22. The molecule has 3 rings (SSSR count). The Kier molecular flexibility index (Phi) is 18.7. The highest BCUT2D eigenvalue weighted by atomic mass is 32.1. The van der Waals surface area contributed by atoms with E-state index in [0.717, 1.165) is 31.4 Å². The maximum absolute atomic E-state index is 14.6. The standard InChI is InChI=1S/C41H63N5O9S/c1-10-26(4)36(44-38(49)33-13-11-12-18-45(33)7)40(50)46(19-20-53-8)34(25(2)3)23-35(55-28(6)47)39-43-32(24-56-39)37(48)42-30(21-27(5)41(51)52)22-29-14-16-31(54-9)17-15-29/h14-17,24-27,30,33-36H,10-13,18-23H2,1-9H3,(H,42,48)(H,44,49)(H,51,52). The molecule has 15 heteroatoms. The summed E-state index contributed by atoms with van der Waals surface area (Å²) >= 11 is 1.17. The first-order valence-electron chi connectivity index (χ1n) is 19.7. The quantitative estimate of drug-likeness (QED) is 0.135. The van der Waals surface area contributed by atoms with Crippen LogP contribution in [-0.2, 0) is 35.1 Å². The van der Waals surface area contributed by atoms with E-state index in [0.29, 0.717) is 23.6 Å². The highest BCUT2D eigenvalue weighted by molar-refractivity contribution is 7.09. The van der Waals surface area contributed by atoms with Crippen molar-refractivity contribution in [3.05, 3.63) is 45.9 Å². The van der Waals surface area contributed by atoms with Crippen molar-refractivity contribution >= 4 is 41.0 Å².